The zero-order chi connectivity index (χ0) is 13.9. The SMILES string of the molecule is O=C(O)c1oc2ccccc2c1CNc1ccccc1. The van der Waals surface area contributed by atoms with Crippen LogP contribution in [0.2, 0.25) is 0 Å². The van der Waals surface area contributed by atoms with E-state index in [0.717, 1.165) is 11.1 Å². The van der Waals surface area contributed by atoms with E-state index in [1.807, 2.05) is 48.5 Å². The van der Waals surface area contributed by atoms with Crippen molar-refractivity contribution >= 4 is 22.6 Å². The number of nitrogens with one attached hydrogen (secondary N) is 1. The Kier molecular flexibility index (Phi) is 3.13. The molecule has 4 heteroatoms. The maximum Gasteiger partial charge on any atom is 0.372 e. The minimum atomic E-state index is -1.05. The second-order valence-corrected chi connectivity index (χ2v) is 4.43. The van der Waals surface area contributed by atoms with Crippen LogP contribution in [-0.2, 0) is 6.54 Å². The number of fused-ring (bicyclic) bond motifs is 1. The fraction of sp³-hybridized carbons (Fsp3) is 0.0625. The van der Waals surface area contributed by atoms with E-state index in [9.17, 15) is 9.90 Å². The molecule has 0 saturated carbocycles. The van der Waals surface area contributed by atoms with Crippen LogP contribution in [0.15, 0.2) is 59.0 Å². The first-order valence-electron chi connectivity index (χ1n) is 6.28. The van der Waals surface area contributed by atoms with Crippen LogP contribution in [0.4, 0.5) is 5.69 Å². The smallest absolute Gasteiger partial charge is 0.372 e. The molecule has 2 aromatic carbocycles. The summed E-state index contributed by atoms with van der Waals surface area (Å²) >= 11 is 0. The molecule has 20 heavy (non-hydrogen) atoms. The van der Waals surface area contributed by atoms with Gasteiger partial charge in [-0.2, -0.15) is 0 Å². The highest BCUT2D eigenvalue weighted by Crippen LogP contribution is 2.26. The summed E-state index contributed by atoms with van der Waals surface area (Å²) in [7, 11) is 0. The highest BCUT2D eigenvalue weighted by atomic mass is 16.4. The summed E-state index contributed by atoms with van der Waals surface area (Å²) in [5, 5.41) is 13.3. The number of rotatable bonds is 4. The predicted octanol–water partition coefficient (Wildman–Crippen LogP) is 3.74. The average molecular weight is 267 g/mol. The van der Waals surface area contributed by atoms with E-state index >= 15 is 0 Å². The number of benzene rings is 2. The fourth-order valence-electron chi connectivity index (χ4n) is 2.19. The van der Waals surface area contributed by atoms with Crippen molar-refractivity contribution in [2.45, 2.75) is 6.54 Å². The molecule has 0 bridgehead atoms. The molecule has 0 radical (unpaired) electrons. The first kappa shape index (κ1) is 12.3. The summed E-state index contributed by atoms with van der Waals surface area (Å²) in [6.45, 7) is 0.405. The number of para-hydroxylation sites is 2. The van der Waals surface area contributed by atoms with Crippen molar-refractivity contribution in [2.75, 3.05) is 5.32 Å². The Morgan fingerprint density at radius 2 is 1.75 bits per heavy atom. The highest BCUT2D eigenvalue weighted by molar-refractivity contribution is 5.95. The van der Waals surface area contributed by atoms with Crippen LogP contribution >= 0.6 is 0 Å². The van der Waals surface area contributed by atoms with Gasteiger partial charge in [-0.05, 0) is 18.2 Å². The maximum atomic E-state index is 11.3. The molecule has 3 rings (SSSR count). The molecule has 0 saturated heterocycles. The number of aromatic carboxylic acids is 1. The van der Waals surface area contributed by atoms with Crippen molar-refractivity contribution in [2.24, 2.45) is 0 Å². The Labute approximate surface area is 115 Å². The van der Waals surface area contributed by atoms with Gasteiger partial charge in [-0.25, -0.2) is 4.79 Å². The summed E-state index contributed by atoms with van der Waals surface area (Å²) in [4.78, 5) is 11.3. The van der Waals surface area contributed by atoms with Gasteiger partial charge in [-0.15, -0.1) is 0 Å². The number of carboxylic acid groups (broad SMARTS) is 1. The Hall–Kier alpha value is -2.75. The molecule has 0 atom stereocenters. The lowest BCUT2D eigenvalue weighted by Crippen LogP contribution is -2.04. The Morgan fingerprint density at radius 3 is 2.50 bits per heavy atom. The summed E-state index contributed by atoms with van der Waals surface area (Å²) in [5.41, 5.74) is 2.20. The van der Waals surface area contributed by atoms with Crippen molar-refractivity contribution in [3.63, 3.8) is 0 Å². The van der Waals surface area contributed by atoms with Gasteiger partial charge in [-0.1, -0.05) is 36.4 Å². The zero-order valence-corrected chi connectivity index (χ0v) is 10.7. The third-order valence-electron chi connectivity index (χ3n) is 3.14. The van der Waals surface area contributed by atoms with E-state index in [0.29, 0.717) is 17.7 Å². The second-order valence-electron chi connectivity index (χ2n) is 4.43. The van der Waals surface area contributed by atoms with Crippen LogP contribution < -0.4 is 5.32 Å². The normalized spacial score (nSPS) is 10.6. The molecule has 0 aliphatic carbocycles. The van der Waals surface area contributed by atoms with Crippen LogP contribution in [0, 0.1) is 0 Å². The predicted molar refractivity (Wildman–Crippen MR) is 76.9 cm³/mol. The fourth-order valence-corrected chi connectivity index (χ4v) is 2.19. The molecule has 0 amide bonds. The standard InChI is InChI=1S/C16H13NO3/c18-16(19)15-13(10-17-11-6-2-1-3-7-11)12-8-4-5-9-14(12)20-15/h1-9,17H,10H2,(H,18,19). The summed E-state index contributed by atoms with van der Waals surface area (Å²) < 4.78 is 5.41. The number of carbonyl (C=O) groups is 1. The number of hydrogen-bond donors (Lipinski definition) is 2. The second kappa shape index (κ2) is 5.09. The lowest BCUT2D eigenvalue weighted by Gasteiger charge is -2.05. The summed E-state index contributed by atoms with van der Waals surface area (Å²) in [6.07, 6.45) is 0. The monoisotopic (exact) mass is 267 g/mol. The zero-order valence-electron chi connectivity index (χ0n) is 10.7. The van der Waals surface area contributed by atoms with Crippen LogP contribution in [0.25, 0.3) is 11.0 Å². The quantitative estimate of drug-likeness (QED) is 0.755. The van der Waals surface area contributed by atoms with Crippen LogP contribution in [0.1, 0.15) is 16.1 Å². The Balaban J connectivity index is 1.97. The first-order chi connectivity index (χ1) is 9.75. The topological polar surface area (TPSA) is 62.5 Å². The molecule has 0 aliphatic heterocycles. The summed E-state index contributed by atoms with van der Waals surface area (Å²) in [6, 6.07) is 17.0. The molecule has 4 nitrogen and oxygen atoms in total. The maximum absolute atomic E-state index is 11.3. The van der Waals surface area contributed by atoms with Gasteiger partial charge in [0, 0.05) is 23.2 Å². The van der Waals surface area contributed by atoms with Gasteiger partial charge < -0.3 is 14.8 Å². The third kappa shape index (κ3) is 2.23. The minimum Gasteiger partial charge on any atom is -0.475 e. The largest absolute Gasteiger partial charge is 0.475 e. The molecule has 2 N–H and O–H groups in total. The molecule has 1 heterocycles. The van der Waals surface area contributed by atoms with Crippen LogP contribution in [-0.4, -0.2) is 11.1 Å². The van der Waals surface area contributed by atoms with Gasteiger partial charge in [0.2, 0.25) is 5.76 Å². The van der Waals surface area contributed by atoms with E-state index < -0.39 is 5.97 Å². The number of furan rings is 1. The van der Waals surface area contributed by atoms with Crippen molar-refractivity contribution in [1.82, 2.24) is 0 Å². The lowest BCUT2D eigenvalue weighted by atomic mass is 10.1. The van der Waals surface area contributed by atoms with Crippen LogP contribution in [0.5, 0.6) is 0 Å². The van der Waals surface area contributed by atoms with Gasteiger partial charge >= 0.3 is 5.97 Å². The van der Waals surface area contributed by atoms with Crippen molar-refractivity contribution in [3.05, 3.63) is 65.9 Å². The van der Waals surface area contributed by atoms with E-state index in [2.05, 4.69) is 5.32 Å². The molecule has 0 fully saturated rings. The number of anilines is 1. The minimum absolute atomic E-state index is 0.00497. The van der Waals surface area contributed by atoms with Gasteiger partial charge in [0.1, 0.15) is 5.58 Å². The molecule has 1 aromatic heterocycles. The van der Waals surface area contributed by atoms with Gasteiger partial charge in [-0.3, -0.25) is 0 Å². The van der Waals surface area contributed by atoms with E-state index in [1.165, 1.54) is 0 Å². The Morgan fingerprint density at radius 1 is 1.05 bits per heavy atom. The number of hydrogen-bond acceptors (Lipinski definition) is 3. The van der Waals surface area contributed by atoms with E-state index in [-0.39, 0.29) is 5.76 Å². The van der Waals surface area contributed by atoms with Gasteiger partial charge in [0.15, 0.2) is 0 Å². The van der Waals surface area contributed by atoms with Gasteiger partial charge in [0.25, 0.3) is 0 Å². The molecule has 100 valence electrons. The molecule has 0 spiro atoms. The highest BCUT2D eigenvalue weighted by Gasteiger charge is 2.19. The van der Waals surface area contributed by atoms with E-state index in [1.54, 1.807) is 6.07 Å². The van der Waals surface area contributed by atoms with Crippen molar-refractivity contribution in [3.8, 4) is 0 Å². The number of carboxylic acids is 1. The molecule has 0 unspecified atom stereocenters. The molecule has 3 aromatic rings. The molecular formula is C16H13NO3. The first-order valence-corrected chi connectivity index (χ1v) is 6.28. The van der Waals surface area contributed by atoms with Crippen molar-refractivity contribution in [1.29, 1.82) is 0 Å². The Bertz CT molecular complexity index is 747. The van der Waals surface area contributed by atoms with Crippen LogP contribution in [0.3, 0.4) is 0 Å². The van der Waals surface area contributed by atoms with Gasteiger partial charge in [0.05, 0.1) is 0 Å². The van der Waals surface area contributed by atoms with E-state index in [4.69, 9.17) is 4.42 Å². The van der Waals surface area contributed by atoms with Crippen molar-refractivity contribution < 1.29 is 14.3 Å². The average Bonchev–Trinajstić information content (AvgIpc) is 2.85. The molecular weight excluding hydrogens is 254 g/mol. The summed E-state index contributed by atoms with van der Waals surface area (Å²) in [5.74, 6) is -1.05. The molecule has 0 aliphatic rings. The lowest BCUT2D eigenvalue weighted by molar-refractivity contribution is 0.0663. The third-order valence-corrected chi connectivity index (χ3v) is 3.14.